The van der Waals surface area contributed by atoms with E-state index in [1.807, 2.05) is 24.3 Å². The highest BCUT2D eigenvalue weighted by Crippen LogP contribution is 2.21. The molecule has 6 nitrogen and oxygen atoms in total. The molecular formula is C20H33ClN4O2. The van der Waals surface area contributed by atoms with Crippen molar-refractivity contribution in [1.29, 1.82) is 0 Å². The van der Waals surface area contributed by atoms with Crippen molar-refractivity contribution in [2.75, 3.05) is 31.5 Å². The van der Waals surface area contributed by atoms with Crippen LogP contribution < -0.4 is 16.0 Å². The van der Waals surface area contributed by atoms with Gasteiger partial charge in [-0.05, 0) is 36.9 Å². The number of benzene rings is 1. The molecule has 152 valence electrons. The molecular weight excluding hydrogens is 364 g/mol. The zero-order valence-electron chi connectivity index (χ0n) is 16.6. The van der Waals surface area contributed by atoms with Gasteiger partial charge in [-0.3, -0.25) is 4.79 Å². The van der Waals surface area contributed by atoms with Crippen molar-refractivity contribution in [3.63, 3.8) is 0 Å². The first-order valence-electron chi connectivity index (χ1n) is 9.63. The Labute approximate surface area is 168 Å². The Hall–Kier alpha value is -1.79. The van der Waals surface area contributed by atoms with Crippen LogP contribution in [0.4, 0.5) is 10.5 Å². The van der Waals surface area contributed by atoms with Crippen LogP contribution in [0.25, 0.3) is 0 Å². The summed E-state index contributed by atoms with van der Waals surface area (Å²) in [7, 11) is 0. The number of nitrogens with zero attached hydrogens (tertiary/aromatic N) is 1. The number of hydrogen-bond donors (Lipinski definition) is 3. The average Bonchev–Trinajstić information content (AvgIpc) is 2.65. The van der Waals surface area contributed by atoms with E-state index < -0.39 is 0 Å². The molecule has 7 heteroatoms. The summed E-state index contributed by atoms with van der Waals surface area (Å²) in [6.45, 7) is 9.64. The summed E-state index contributed by atoms with van der Waals surface area (Å²) in [6.07, 6.45) is 1.67. The molecule has 1 aliphatic rings. The molecule has 0 spiro atoms. The van der Waals surface area contributed by atoms with Gasteiger partial charge in [-0.25, -0.2) is 4.79 Å². The number of hydrogen-bond acceptors (Lipinski definition) is 3. The second-order valence-electron chi connectivity index (χ2n) is 7.29. The van der Waals surface area contributed by atoms with Gasteiger partial charge in [-0.2, -0.15) is 0 Å². The number of carbonyl (C=O) groups is 2. The molecule has 1 unspecified atom stereocenters. The summed E-state index contributed by atoms with van der Waals surface area (Å²) in [6, 6.07) is 7.79. The molecule has 3 amide bonds. The molecule has 0 radical (unpaired) electrons. The molecule has 1 aromatic rings. The van der Waals surface area contributed by atoms with Crippen LogP contribution in [-0.2, 0) is 11.3 Å². The largest absolute Gasteiger partial charge is 0.338 e. The van der Waals surface area contributed by atoms with Gasteiger partial charge in [-0.1, -0.05) is 39.0 Å². The van der Waals surface area contributed by atoms with Crippen LogP contribution in [0.2, 0.25) is 0 Å². The smallest absolute Gasteiger partial charge is 0.317 e. The summed E-state index contributed by atoms with van der Waals surface area (Å²) in [5.74, 6) is 0.243. The molecule has 0 aromatic heterocycles. The van der Waals surface area contributed by atoms with Gasteiger partial charge in [-0.15, -0.1) is 12.4 Å². The first-order valence-corrected chi connectivity index (χ1v) is 9.63. The maximum atomic E-state index is 12.7. The van der Waals surface area contributed by atoms with E-state index in [1.54, 1.807) is 4.90 Å². The molecule has 0 aliphatic carbocycles. The molecule has 0 bridgehead atoms. The Bertz CT molecular complexity index is 609. The molecule has 1 heterocycles. The number of likely N-dealkylation sites (tertiary alicyclic amines) is 1. The Morgan fingerprint density at radius 1 is 1.26 bits per heavy atom. The number of urea groups is 1. The lowest BCUT2D eigenvalue weighted by Crippen LogP contribution is -2.48. The summed E-state index contributed by atoms with van der Waals surface area (Å²) in [5, 5.41) is 9.29. The van der Waals surface area contributed by atoms with Crippen LogP contribution in [0.5, 0.6) is 0 Å². The fraction of sp³-hybridized carbons (Fsp3) is 0.600. The fourth-order valence-electron chi connectivity index (χ4n) is 3.07. The lowest BCUT2D eigenvalue weighted by atomic mass is 9.97. The molecule has 3 N–H and O–H groups in total. The molecule has 1 fully saturated rings. The standard InChI is InChI=1S/C20H32N4O2.ClH/c1-4-21-13-16-8-5-6-10-18(16)23-19(25)17-9-7-11-24(14-17)20(26)22-12-15(2)3;/h5-6,8,10,15,17,21H,4,7,9,11-14H2,1-3H3,(H,22,26)(H,23,25);1H. The number of piperidine rings is 1. The highest BCUT2D eigenvalue weighted by Gasteiger charge is 2.28. The van der Waals surface area contributed by atoms with Crippen molar-refractivity contribution in [1.82, 2.24) is 15.5 Å². The highest BCUT2D eigenvalue weighted by atomic mass is 35.5. The summed E-state index contributed by atoms with van der Waals surface area (Å²) < 4.78 is 0. The van der Waals surface area contributed by atoms with Crippen LogP contribution in [0.1, 0.15) is 39.2 Å². The van der Waals surface area contributed by atoms with Crippen LogP contribution in [0, 0.1) is 11.8 Å². The van der Waals surface area contributed by atoms with E-state index in [2.05, 4.69) is 36.7 Å². The number of rotatable bonds is 7. The first-order chi connectivity index (χ1) is 12.5. The summed E-state index contributed by atoms with van der Waals surface area (Å²) in [5.41, 5.74) is 1.92. The van der Waals surface area contributed by atoms with Gasteiger partial charge in [0.1, 0.15) is 0 Å². The lowest BCUT2D eigenvalue weighted by Gasteiger charge is -2.32. The van der Waals surface area contributed by atoms with E-state index in [1.165, 1.54) is 0 Å². The van der Waals surface area contributed by atoms with Gasteiger partial charge in [0.25, 0.3) is 0 Å². The summed E-state index contributed by atoms with van der Waals surface area (Å²) >= 11 is 0. The van der Waals surface area contributed by atoms with Crippen LogP contribution in [-0.4, -0.2) is 43.0 Å². The average molecular weight is 397 g/mol. The normalized spacial score (nSPS) is 16.6. The van der Waals surface area contributed by atoms with Crippen molar-refractivity contribution in [3.8, 4) is 0 Å². The number of nitrogens with one attached hydrogen (secondary N) is 3. The van der Waals surface area contributed by atoms with Gasteiger partial charge in [0.15, 0.2) is 0 Å². The first kappa shape index (κ1) is 23.2. The van der Waals surface area contributed by atoms with E-state index in [0.29, 0.717) is 25.6 Å². The fourth-order valence-corrected chi connectivity index (χ4v) is 3.07. The van der Waals surface area contributed by atoms with E-state index in [9.17, 15) is 9.59 Å². The molecule has 27 heavy (non-hydrogen) atoms. The monoisotopic (exact) mass is 396 g/mol. The van der Waals surface area contributed by atoms with E-state index in [4.69, 9.17) is 0 Å². The minimum Gasteiger partial charge on any atom is -0.338 e. The maximum Gasteiger partial charge on any atom is 0.317 e. The number of anilines is 1. The van der Waals surface area contributed by atoms with Crippen molar-refractivity contribution in [2.45, 2.75) is 40.2 Å². The van der Waals surface area contributed by atoms with Gasteiger partial charge in [0.05, 0.1) is 5.92 Å². The predicted octanol–water partition coefficient (Wildman–Crippen LogP) is 3.23. The molecule has 1 atom stereocenters. The zero-order valence-corrected chi connectivity index (χ0v) is 17.4. The van der Waals surface area contributed by atoms with Gasteiger partial charge in [0, 0.05) is 31.9 Å². The lowest BCUT2D eigenvalue weighted by molar-refractivity contribution is -0.121. The summed E-state index contributed by atoms with van der Waals surface area (Å²) in [4.78, 5) is 26.8. The minimum atomic E-state index is -0.166. The Balaban J connectivity index is 0.00000364. The van der Waals surface area contributed by atoms with Crippen molar-refractivity contribution in [2.24, 2.45) is 11.8 Å². The molecule has 1 aromatic carbocycles. The quantitative estimate of drug-likeness (QED) is 0.662. The van der Waals surface area contributed by atoms with Crippen molar-refractivity contribution < 1.29 is 9.59 Å². The number of amides is 3. The number of carbonyl (C=O) groups excluding carboxylic acids is 2. The molecule has 1 saturated heterocycles. The topological polar surface area (TPSA) is 73.5 Å². The van der Waals surface area contributed by atoms with Crippen LogP contribution in [0.15, 0.2) is 24.3 Å². The number of para-hydroxylation sites is 1. The van der Waals surface area contributed by atoms with E-state index in [-0.39, 0.29) is 30.3 Å². The Morgan fingerprint density at radius 2 is 2.00 bits per heavy atom. The van der Waals surface area contributed by atoms with Gasteiger partial charge < -0.3 is 20.9 Å². The van der Waals surface area contributed by atoms with Crippen LogP contribution in [0.3, 0.4) is 0 Å². The van der Waals surface area contributed by atoms with E-state index in [0.717, 1.165) is 37.2 Å². The minimum absolute atomic E-state index is 0. The Morgan fingerprint density at radius 3 is 2.70 bits per heavy atom. The van der Waals surface area contributed by atoms with Crippen molar-refractivity contribution >= 4 is 30.0 Å². The third-order valence-corrected chi connectivity index (χ3v) is 4.58. The third kappa shape index (κ3) is 7.39. The second-order valence-corrected chi connectivity index (χ2v) is 7.29. The highest BCUT2D eigenvalue weighted by molar-refractivity contribution is 5.93. The zero-order chi connectivity index (χ0) is 18.9. The van der Waals surface area contributed by atoms with E-state index >= 15 is 0 Å². The van der Waals surface area contributed by atoms with Crippen molar-refractivity contribution in [3.05, 3.63) is 29.8 Å². The number of halogens is 1. The van der Waals surface area contributed by atoms with Gasteiger partial charge >= 0.3 is 6.03 Å². The second kappa shape index (κ2) is 11.8. The Kier molecular flexibility index (Phi) is 10.2. The van der Waals surface area contributed by atoms with Crippen LogP contribution >= 0.6 is 12.4 Å². The molecule has 1 aliphatic heterocycles. The molecule has 0 saturated carbocycles. The third-order valence-electron chi connectivity index (χ3n) is 4.58. The molecule has 2 rings (SSSR count). The predicted molar refractivity (Wildman–Crippen MR) is 112 cm³/mol. The SMILES string of the molecule is CCNCc1ccccc1NC(=O)C1CCCN(C(=O)NCC(C)C)C1.Cl. The maximum absolute atomic E-state index is 12.7. The van der Waals surface area contributed by atoms with Gasteiger partial charge in [0.2, 0.25) is 5.91 Å².